The van der Waals surface area contributed by atoms with Crippen LogP contribution in [0, 0.1) is 0 Å². The minimum atomic E-state index is 0.421. The molecule has 5 heteroatoms. The molecule has 2 N–H and O–H groups in total. The predicted molar refractivity (Wildman–Crippen MR) is 52.8 cm³/mol. The average molecular weight is 207 g/mol. The van der Waals surface area contributed by atoms with Crippen LogP contribution in [-0.4, -0.2) is 9.97 Å². The van der Waals surface area contributed by atoms with Crippen molar-refractivity contribution in [3.8, 4) is 0 Å². The van der Waals surface area contributed by atoms with E-state index in [2.05, 4.69) is 9.97 Å². The maximum absolute atomic E-state index is 5.55. The van der Waals surface area contributed by atoms with Crippen LogP contribution < -0.4 is 5.73 Å². The fourth-order valence-corrected chi connectivity index (χ4v) is 1.83. The van der Waals surface area contributed by atoms with Crippen LogP contribution >= 0.6 is 11.8 Å². The van der Waals surface area contributed by atoms with E-state index in [4.69, 9.17) is 10.2 Å². The molecule has 0 saturated carbocycles. The Labute approximate surface area is 85.6 Å². The summed E-state index contributed by atoms with van der Waals surface area (Å²) < 4.78 is 5.12. The van der Waals surface area contributed by atoms with E-state index in [1.54, 1.807) is 18.7 Å². The van der Waals surface area contributed by atoms with Crippen molar-refractivity contribution in [2.45, 2.75) is 16.7 Å². The number of hydrogen-bond donors (Lipinski definition) is 1. The molecule has 0 spiro atoms. The molecule has 2 heterocycles. The summed E-state index contributed by atoms with van der Waals surface area (Å²) >= 11 is 1.43. The smallest absolute Gasteiger partial charge is 0.260 e. The lowest BCUT2D eigenvalue weighted by Crippen LogP contribution is -2.00. The third-order valence-corrected chi connectivity index (χ3v) is 2.62. The van der Waals surface area contributed by atoms with E-state index in [0.29, 0.717) is 11.8 Å². The Hall–Kier alpha value is -1.33. The Balaban J connectivity index is 2.24. The summed E-state index contributed by atoms with van der Waals surface area (Å²) in [6.07, 6.45) is 4.88. The number of pyridine rings is 1. The van der Waals surface area contributed by atoms with Gasteiger partial charge < -0.3 is 10.2 Å². The zero-order chi connectivity index (χ0) is 9.80. The van der Waals surface area contributed by atoms with Crippen molar-refractivity contribution < 1.29 is 4.42 Å². The van der Waals surface area contributed by atoms with Crippen molar-refractivity contribution in [3.05, 3.63) is 36.5 Å². The summed E-state index contributed by atoms with van der Waals surface area (Å²) in [5.41, 5.74) is 6.41. The lowest BCUT2D eigenvalue weighted by atomic mass is 10.3. The Bertz CT molecular complexity index is 402. The third kappa shape index (κ3) is 1.94. The lowest BCUT2D eigenvalue weighted by Gasteiger charge is -2.02. The minimum absolute atomic E-state index is 0.421. The first kappa shape index (κ1) is 9.23. The standard InChI is InChI=1S/C9H9N3OS/c10-6-7-8(2-1-3-11-7)14-9-12-4-5-13-9/h1-5H,6,10H2. The van der Waals surface area contributed by atoms with Gasteiger partial charge in [-0.05, 0) is 23.9 Å². The average Bonchev–Trinajstić information content (AvgIpc) is 2.71. The van der Waals surface area contributed by atoms with Crippen molar-refractivity contribution in [1.29, 1.82) is 0 Å². The van der Waals surface area contributed by atoms with E-state index in [1.807, 2.05) is 12.1 Å². The van der Waals surface area contributed by atoms with Crippen molar-refractivity contribution in [2.75, 3.05) is 0 Å². The molecule has 0 saturated heterocycles. The topological polar surface area (TPSA) is 64.9 Å². The van der Waals surface area contributed by atoms with Crippen LogP contribution in [0.3, 0.4) is 0 Å². The third-order valence-electron chi connectivity index (χ3n) is 1.65. The summed E-state index contributed by atoms with van der Waals surface area (Å²) in [5.74, 6) is 0. The zero-order valence-electron chi connectivity index (χ0n) is 7.38. The maximum atomic E-state index is 5.55. The molecule has 0 fully saturated rings. The molecule has 2 rings (SSSR count). The molecule has 14 heavy (non-hydrogen) atoms. The van der Waals surface area contributed by atoms with E-state index in [9.17, 15) is 0 Å². The monoisotopic (exact) mass is 207 g/mol. The Kier molecular flexibility index (Phi) is 2.81. The highest BCUT2D eigenvalue weighted by Gasteiger charge is 2.06. The second-order valence-corrected chi connectivity index (χ2v) is 3.55. The molecule has 2 aromatic heterocycles. The van der Waals surface area contributed by atoms with Crippen molar-refractivity contribution in [2.24, 2.45) is 5.73 Å². The predicted octanol–water partition coefficient (Wildman–Crippen LogP) is 1.68. The Morgan fingerprint density at radius 1 is 1.36 bits per heavy atom. The van der Waals surface area contributed by atoms with Crippen LogP contribution in [0.4, 0.5) is 0 Å². The zero-order valence-corrected chi connectivity index (χ0v) is 8.20. The molecule has 0 bridgehead atoms. The quantitative estimate of drug-likeness (QED) is 0.829. The Morgan fingerprint density at radius 3 is 3.00 bits per heavy atom. The largest absolute Gasteiger partial charge is 0.440 e. The number of nitrogens with two attached hydrogens (primary N) is 1. The number of rotatable bonds is 3. The fraction of sp³-hybridized carbons (Fsp3) is 0.111. The van der Waals surface area contributed by atoms with Crippen molar-refractivity contribution >= 4 is 11.8 Å². The molecule has 0 aliphatic carbocycles. The van der Waals surface area contributed by atoms with Gasteiger partial charge in [-0.25, -0.2) is 4.98 Å². The van der Waals surface area contributed by atoms with Gasteiger partial charge in [-0.3, -0.25) is 4.98 Å². The number of hydrogen-bond acceptors (Lipinski definition) is 5. The van der Waals surface area contributed by atoms with Gasteiger partial charge in [-0.15, -0.1) is 0 Å². The van der Waals surface area contributed by atoms with Gasteiger partial charge in [0.2, 0.25) is 0 Å². The van der Waals surface area contributed by atoms with Crippen LogP contribution in [0.25, 0.3) is 0 Å². The molecule has 0 atom stereocenters. The highest BCUT2D eigenvalue weighted by molar-refractivity contribution is 7.99. The SMILES string of the molecule is NCc1ncccc1Sc1ncco1. The summed E-state index contributed by atoms with van der Waals surface area (Å²) in [6.45, 7) is 0.421. The van der Waals surface area contributed by atoms with Crippen LogP contribution in [0.1, 0.15) is 5.69 Å². The molecule has 0 aromatic carbocycles. The van der Waals surface area contributed by atoms with E-state index < -0.39 is 0 Å². The minimum Gasteiger partial charge on any atom is -0.440 e. The van der Waals surface area contributed by atoms with Crippen LogP contribution in [0.15, 0.2) is 45.3 Å². The molecular formula is C9H9N3OS. The second-order valence-electron chi connectivity index (χ2n) is 2.55. The summed E-state index contributed by atoms with van der Waals surface area (Å²) in [7, 11) is 0. The van der Waals surface area contributed by atoms with Gasteiger partial charge in [-0.2, -0.15) is 0 Å². The van der Waals surface area contributed by atoms with Gasteiger partial charge in [-0.1, -0.05) is 0 Å². The number of oxazole rings is 1. The number of aromatic nitrogens is 2. The first-order valence-corrected chi connectivity index (χ1v) is 4.93. The van der Waals surface area contributed by atoms with Gasteiger partial charge >= 0.3 is 0 Å². The fourth-order valence-electron chi connectivity index (χ4n) is 1.02. The highest BCUT2D eigenvalue weighted by Crippen LogP contribution is 2.27. The van der Waals surface area contributed by atoms with Crippen molar-refractivity contribution in [1.82, 2.24) is 9.97 Å². The van der Waals surface area contributed by atoms with Gasteiger partial charge in [0.1, 0.15) is 6.26 Å². The molecular weight excluding hydrogens is 198 g/mol. The molecule has 0 amide bonds. The van der Waals surface area contributed by atoms with Gasteiger partial charge in [0.15, 0.2) is 0 Å². The normalized spacial score (nSPS) is 10.4. The van der Waals surface area contributed by atoms with Gasteiger partial charge in [0.25, 0.3) is 5.22 Å². The van der Waals surface area contributed by atoms with Crippen LogP contribution in [-0.2, 0) is 6.54 Å². The molecule has 0 unspecified atom stereocenters. The summed E-state index contributed by atoms with van der Waals surface area (Å²) in [6, 6.07) is 3.81. The van der Waals surface area contributed by atoms with Gasteiger partial charge in [0.05, 0.1) is 11.9 Å². The number of nitrogens with zero attached hydrogens (tertiary/aromatic N) is 2. The van der Waals surface area contributed by atoms with Gasteiger partial charge in [0, 0.05) is 17.6 Å². The van der Waals surface area contributed by atoms with E-state index >= 15 is 0 Å². The second kappa shape index (κ2) is 4.26. The highest BCUT2D eigenvalue weighted by atomic mass is 32.2. The van der Waals surface area contributed by atoms with Crippen LogP contribution in [0.2, 0.25) is 0 Å². The molecule has 0 aliphatic rings. The summed E-state index contributed by atoms with van der Waals surface area (Å²) in [5, 5.41) is 0.604. The lowest BCUT2D eigenvalue weighted by molar-refractivity contribution is 0.454. The van der Waals surface area contributed by atoms with E-state index in [-0.39, 0.29) is 0 Å². The van der Waals surface area contributed by atoms with E-state index in [0.717, 1.165) is 10.6 Å². The molecule has 0 aliphatic heterocycles. The molecule has 72 valence electrons. The molecule has 4 nitrogen and oxygen atoms in total. The molecule has 2 aromatic rings. The molecule has 0 radical (unpaired) electrons. The Morgan fingerprint density at radius 2 is 2.29 bits per heavy atom. The van der Waals surface area contributed by atoms with Crippen molar-refractivity contribution in [3.63, 3.8) is 0 Å². The first-order valence-electron chi connectivity index (χ1n) is 4.11. The summed E-state index contributed by atoms with van der Waals surface area (Å²) in [4.78, 5) is 9.16. The van der Waals surface area contributed by atoms with E-state index in [1.165, 1.54) is 11.8 Å². The maximum Gasteiger partial charge on any atom is 0.260 e. The van der Waals surface area contributed by atoms with Crippen LogP contribution in [0.5, 0.6) is 0 Å². The first-order chi connectivity index (χ1) is 6.90.